The Morgan fingerprint density at radius 3 is 2.09 bits per heavy atom. The first-order valence-electron chi connectivity index (χ1n) is 11.4. The molecule has 0 radical (unpaired) electrons. The summed E-state index contributed by atoms with van der Waals surface area (Å²) in [6.07, 6.45) is 6.89. The zero-order chi connectivity index (χ0) is 22.0. The third-order valence-corrected chi connectivity index (χ3v) is 6.48. The SMILES string of the molecule is N#Cc1ccc(OCCCCCOc2ccc(-c3csc(N4CCCCC4)n3)cc2)cc1. The number of piperidine rings is 1. The van der Waals surface area contributed by atoms with Crippen LogP contribution in [0.2, 0.25) is 0 Å². The number of unbranched alkanes of at least 4 members (excludes halogenated alkanes) is 2. The minimum absolute atomic E-state index is 0.649. The lowest BCUT2D eigenvalue weighted by molar-refractivity contribution is 0.279. The van der Waals surface area contributed by atoms with Gasteiger partial charge in [-0.05, 0) is 87.1 Å². The molecular formula is C26H29N3O2S. The summed E-state index contributed by atoms with van der Waals surface area (Å²) in [4.78, 5) is 7.25. The average molecular weight is 448 g/mol. The number of rotatable bonds is 10. The van der Waals surface area contributed by atoms with Crippen molar-refractivity contribution in [3.05, 3.63) is 59.5 Å². The van der Waals surface area contributed by atoms with E-state index in [9.17, 15) is 0 Å². The molecule has 5 nitrogen and oxygen atoms in total. The van der Waals surface area contributed by atoms with Crippen molar-refractivity contribution >= 4 is 16.5 Å². The Balaban J connectivity index is 1.14. The fourth-order valence-corrected chi connectivity index (χ4v) is 4.62. The summed E-state index contributed by atoms with van der Waals surface area (Å²) in [5.41, 5.74) is 2.83. The number of hydrogen-bond donors (Lipinski definition) is 0. The third-order valence-electron chi connectivity index (χ3n) is 5.58. The average Bonchev–Trinajstić information content (AvgIpc) is 3.35. The van der Waals surface area contributed by atoms with Crippen LogP contribution in [0, 0.1) is 11.3 Å². The number of nitrogens with zero attached hydrogens (tertiary/aromatic N) is 3. The molecule has 1 aliphatic rings. The van der Waals surface area contributed by atoms with Crippen molar-refractivity contribution in [2.75, 3.05) is 31.2 Å². The summed E-state index contributed by atoms with van der Waals surface area (Å²) < 4.78 is 11.6. The molecular weight excluding hydrogens is 418 g/mol. The molecule has 1 fully saturated rings. The fourth-order valence-electron chi connectivity index (χ4n) is 3.74. The second-order valence-electron chi connectivity index (χ2n) is 7.98. The van der Waals surface area contributed by atoms with Crippen molar-refractivity contribution < 1.29 is 9.47 Å². The standard InChI is InChI=1S/C26H29N3O2S/c27-19-21-7-11-23(12-8-21)30-17-5-2-6-18-31-24-13-9-22(10-14-24)25-20-32-26(28-25)29-15-3-1-4-16-29/h7-14,20H,1-6,15-18H2. The molecule has 4 rings (SSSR count). The Kier molecular flexibility index (Phi) is 7.99. The van der Waals surface area contributed by atoms with Gasteiger partial charge in [-0.1, -0.05) is 0 Å². The molecule has 1 aliphatic heterocycles. The van der Waals surface area contributed by atoms with E-state index in [1.54, 1.807) is 23.5 Å². The van der Waals surface area contributed by atoms with Gasteiger partial charge in [0.25, 0.3) is 0 Å². The van der Waals surface area contributed by atoms with Gasteiger partial charge in [0, 0.05) is 24.0 Å². The normalized spacial score (nSPS) is 13.5. The van der Waals surface area contributed by atoms with E-state index >= 15 is 0 Å². The minimum Gasteiger partial charge on any atom is -0.494 e. The van der Waals surface area contributed by atoms with Gasteiger partial charge in [0.05, 0.1) is 30.5 Å². The lowest BCUT2D eigenvalue weighted by Gasteiger charge is -2.25. The summed E-state index contributed by atoms with van der Waals surface area (Å²) in [6, 6.07) is 17.6. The van der Waals surface area contributed by atoms with E-state index in [0.717, 1.165) is 60.2 Å². The van der Waals surface area contributed by atoms with Gasteiger partial charge in [-0.15, -0.1) is 11.3 Å². The summed E-state index contributed by atoms with van der Waals surface area (Å²) in [7, 11) is 0. The van der Waals surface area contributed by atoms with Gasteiger partial charge in [0.15, 0.2) is 5.13 Å². The molecule has 0 spiro atoms. The molecule has 0 atom stereocenters. The zero-order valence-electron chi connectivity index (χ0n) is 18.3. The van der Waals surface area contributed by atoms with Crippen LogP contribution in [0.5, 0.6) is 11.5 Å². The first kappa shape index (κ1) is 22.2. The van der Waals surface area contributed by atoms with Crippen molar-refractivity contribution in [3.8, 4) is 28.8 Å². The predicted octanol–water partition coefficient (Wildman–Crippen LogP) is 6.30. The third kappa shape index (κ3) is 6.24. The fraction of sp³-hybridized carbons (Fsp3) is 0.385. The molecule has 0 N–H and O–H groups in total. The van der Waals surface area contributed by atoms with Gasteiger partial charge in [0.2, 0.25) is 0 Å². The van der Waals surface area contributed by atoms with E-state index in [2.05, 4.69) is 28.5 Å². The Hall–Kier alpha value is -3.04. The second kappa shape index (κ2) is 11.5. The lowest BCUT2D eigenvalue weighted by Crippen LogP contribution is -2.29. The Morgan fingerprint density at radius 1 is 0.844 bits per heavy atom. The van der Waals surface area contributed by atoms with Crippen LogP contribution in [-0.2, 0) is 0 Å². The number of aromatic nitrogens is 1. The number of anilines is 1. The quantitative estimate of drug-likeness (QED) is 0.341. The highest BCUT2D eigenvalue weighted by Crippen LogP contribution is 2.30. The molecule has 6 heteroatoms. The molecule has 0 saturated carbocycles. The van der Waals surface area contributed by atoms with Gasteiger partial charge in [-0.2, -0.15) is 5.26 Å². The van der Waals surface area contributed by atoms with Crippen LogP contribution in [-0.4, -0.2) is 31.3 Å². The summed E-state index contributed by atoms with van der Waals surface area (Å²) in [6.45, 7) is 3.63. The first-order chi connectivity index (χ1) is 15.8. The van der Waals surface area contributed by atoms with Gasteiger partial charge in [0.1, 0.15) is 11.5 Å². The van der Waals surface area contributed by atoms with Gasteiger partial charge < -0.3 is 14.4 Å². The highest BCUT2D eigenvalue weighted by molar-refractivity contribution is 7.14. The maximum absolute atomic E-state index is 8.81. The largest absolute Gasteiger partial charge is 0.494 e. The number of benzene rings is 2. The maximum atomic E-state index is 8.81. The molecule has 0 unspecified atom stereocenters. The highest BCUT2D eigenvalue weighted by Gasteiger charge is 2.14. The molecule has 0 bridgehead atoms. The molecule has 3 aromatic rings. The van der Waals surface area contributed by atoms with Crippen molar-refractivity contribution in [1.29, 1.82) is 5.26 Å². The minimum atomic E-state index is 0.649. The van der Waals surface area contributed by atoms with E-state index in [1.807, 2.05) is 24.3 Å². The molecule has 32 heavy (non-hydrogen) atoms. The van der Waals surface area contributed by atoms with Crippen LogP contribution in [0.1, 0.15) is 44.1 Å². The van der Waals surface area contributed by atoms with Gasteiger partial charge >= 0.3 is 0 Å². The van der Waals surface area contributed by atoms with E-state index < -0.39 is 0 Å². The maximum Gasteiger partial charge on any atom is 0.185 e. The highest BCUT2D eigenvalue weighted by atomic mass is 32.1. The van der Waals surface area contributed by atoms with Gasteiger partial charge in [-0.3, -0.25) is 0 Å². The van der Waals surface area contributed by atoms with Crippen LogP contribution in [0.15, 0.2) is 53.9 Å². The second-order valence-corrected chi connectivity index (χ2v) is 8.82. The number of ether oxygens (including phenoxy) is 2. The number of thiazole rings is 1. The number of hydrogen-bond acceptors (Lipinski definition) is 6. The molecule has 0 aliphatic carbocycles. The topological polar surface area (TPSA) is 58.4 Å². The van der Waals surface area contributed by atoms with Crippen LogP contribution in [0.25, 0.3) is 11.3 Å². The van der Waals surface area contributed by atoms with Crippen LogP contribution >= 0.6 is 11.3 Å². The van der Waals surface area contributed by atoms with Crippen molar-refractivity contribution in [2.24, 2.45) is 0 Å². The van der Waals surface area contributed by atoms with Crippen LogP contribution in [0.3, 0.4) is 0 Å². The Bertz CT molecular complexity index is 1000. The number of nitriles is 1. The Labute approximate surface area is 194 Å². The molecule has 1 aromatic heterocycles. The zero-order valence-corrected chi connectivity index (χ0v) is 19.2. The summed E-state index contributed by atoms with van der Waals surface area (Å²) in [5, 5.41) is 12.1. The molecule has 2 heterocycles. The van der Waals surface area contributed by atoms with E-state index in [1.165, 1.54) is 19.3 Å². The van der Waals surface area contributed by atoms with Crippen LogP contribution in [0.4, 0.5) is 5.13 Å². The van der Waals surface area contributed by atoms with E-state index in [4.69, 9.17) is 19.7 Å². The monoisotopic (exact) mass is 447 g/mol. The molecule has 0 amide bonds. The lowest BCUT2D eigenvalue weighted by atomic mass is 10.1. The van der Waals surface area contributed by atoms with Crippen molar-refractivity contribution in [1.82, 2.24) is 4.98 Å². The molecule has 166 valence electrons. The van der Waals surface area contributed by atoms with Gasteiger partial charge in [-0.25, -0.2) is 4.98 Å². The molecule has 2 aromatic carbocycles. The summed E-state index contributed by atoms with van der Waals surface area (Å²) >= 11 is 1.74. The smallest absolute Gasteiger partial charge is 0.185 e. The predicted molar refractivity (Wildman–Crippen MR) is 130 cm³/mol. The van der Waals surface area contributed by atoms with E-state index in [-0.39, 0.29) is 0 Å². The van der Waals surface area contributed by atoms with Crippen molar-refractivity contribution in [3.63, 3.8) is 0 Å². The van der Waals surface area contributed by atoms with Crippen molar-refractivity contribution in [2.45, 2.75) is 38.5 Å². The Morgan fingerprint density at radius 2 is 1.47 bits per heavy atom. The van der Waals surface area contributed by atoms with Crippen LogP contribution < -0.4 is 14.4 Å². The first-order valence-corrected chi connectivity index (χ1v) is 12.3. The summed E-state index contributed by atoms with van der Waals surface area (Å²) in [5.74, 6) is 1.71. The van der Waals surface area contributed by atoms with E-state index in [0.29, 0.717) is 18.8 Å². The molecule has 1 saturated heterocycles.